The molecular weight excluding hydrogens is 293 g/mol. The van der Waals surface area contributed by atoms with Crippen LogP contribution in [0.2, 0.25) is 0 Å². The van der Waals surface area contributed by atoms with Crippen LogP contribution in [0.15, 0.2) is 16.6 Å². The average molecular weight is 306 g/mol. The van der Waals surface area contributed by atoms with E-state index in [9.17, 15) is 9.18 Å². The van der Waals surface area contributed by atoms with Gasteiger partial charge >= 0.3 is 0 Å². The van der Waals surface area contributed by atoms with Gasteiger partial charge in [0.15, 0.2) is 0 Å². The van der Waals surface area contributed by atoms with Gasteiger partial charge in [-0.3, -0.25) is 4.79 Å². The van der Waals surface area contributed by atoms with E-state index in [4.69, 9.17) is 10.2 Å². The molecule has 1 aromatic carbocycles. The lowest BCUT2D eigenvalue weighted by atomic mass is 10.1. The first-order valence-electron chi connectivity index (χ1n) is 4.98. The largest absolute Gasteiger partial charge is 0.394 e. The van der Waals surface area contributed by atoms with Crippen molar-refractivity contribution in [2.24, 2.45) is 0 Å². The summed E-state index contributed by atoms with van der Waals surface area (Å²) in [6.07, 6.45) is 0. The molecule has 0 aliphatic rings. The standard InChI is InChI=1S/C11H13BrFNO3/c1-6-8(12)2-3-9(13)10(6)11(17)14-7(4-15)5-16/h2-3,7,15-16H,4-5H2,1H3,(H,14,17). The Morgan fingerprint density at radius 2 is 2.06 bits per heavy atom. The van der Waals surface area contributed by atoms with Gasteiger partial charge in [-0.2, -0.15) is 0 Å². The van der Waals surface area contributed by atoms with Crippen molar-refractivity contribution < 1.29 is 19.4 Å². The second-order valence-corrected chi connectivity index (χ2v) is 4.42. The van der Waals surface area contributed by atoms with E-state index in [0.717, 1.165) is 0 Å². The maximum absolute atomic E-state index is 13.5. The number of halogens is 2. The van der Waals surface area contributed by atoms with Crippen molar-refractivity contribution in [3.05, 3.63) is 33.5 Å². The highest BCUT2D eigenvalue weighted by atomic mass is 79.9. The van der Waals surface area contributed by atoms with E-state index in [1.54, 1.807) is 6.92 Å². The van der Waals surface area contributed by atoms with Crippen molar-refractivity contribution in [2.75, 3.05) is 13.2 Å². The maximum Gasteiger partial charge on any atom is 0.254 e. The summed E-state index contributed by atoms with van der Waals surface area (Å²) in [5, 5.41) is 20.0. The lowest BCUT2D eigenvalue weighted by Crippen LogP contribution is -2.40. The molecule has 0 spiro atoms. The number of hydrogen-bond donors (Lipinski definition) is 3. The Morgan fingerprint density at radius 1 is 1.47 bits per heavy atom. The van der Waals surface area contributed by atoms with Gasteiger partial charge in [0.05, 0.1) is 24.8 Å². The van der Waals surface area contributed by atoms with E-state index >= 15 is 0 Å². The Morgan fingerprint density at radius 3 is 2.59 bits per heavy atom. The van der Waals surface area contributed by atoms with Crippen LogP contribution in [-0.2, 0) is 0 Å². The average Bonchev–Trinajstić information content (AvgIpc) is 2.31. The SMILES string of the molecule is Cc1c(Br)ccc(F)c1C(=O)NC(CO)CO. The summed E-state index contributed by atoms with van der Waals surface area (Å²) in [5.74, 6) is -1.30. The minimum Gasteiger partial charge on any atom is -0.394 e. The molecule has 0 radical (unpaired) electrons. The first kappa shape index (κ1) is 14.1. The van der Waals surface area contributed by atoms with Gasteiger partial charge in [-0.05, 0) is 24.6 Å². The quantitative estimate of drug-likeness (QED) is 0.777. The number of carbonyl (C=O) groups is 1. The molecule has 0 saturated carbocycles. The highest BCUT2D eigenvalue weighted by Gasteiger charge is 2.19. The monoisotopic (exact) mass is 305 g/mol. The summed E-state index contributed by atoms with van der Waals surface area (Å²) in [7, 11) is 0. The minimum absolute atomic E-state index is 0.0914. The van der Waals surface area contributed by atoms with Gasteiger partial charge in [0.25, 0.3) is 5.91 Å². The van der Waals surface area contributed by atoms with Crippen LogP contribution >= 0.6 is 15.9 Å². The molecule has 0 aliphatic heterocycles. The molecule has 1 amide bonds. The first-order valence-corrected chi connectivity index (χ1v) is 5.77. The molecule has 0 aliphatic carbocycles. The minimum atomic E-state index is -0.791. The maximum atomic E-state index is 13.5. The Balaban J connectivity index is 3.00. The fourth-order valence-corrected chi connectivity index (χ4v) is 1.67. The molecule has 1 rings (SSSR count). The van der Waals surface area contributed by atoms with Gasteiger partial charge < -0.3 is 15.5 Å². The van der Waals surface area contributed by atoms with Gasteiger partial charge in [0.1, 0.15) is 5.82 Å². The van der Waals surface area contributed by atoms with E-state index in [0.29, 0.717) is 10.0 Å². The van der Waals surface area contributed by atoms with Crippen molar-refractivity contribution in [1.82, 2.24) is 5.32 Å². The number of benzene rings is 1. The number of nitrogens with one attached hydrogen (secondary N) is 1. The third-order valence-electron chi connectivity index (χ3n) is 2.35. The van der Waals surface area contributed by atoms with Gasteiger partial charge in [-0.1, -0.05) is 15.9 Å². The van der Waals surface area contributed by atoms with E-state index in [-0.39, 0.29) is 5.56 Å². The van der Waals surface area contributed by atoms with Crippen LogP contribution in [0.3, 0.4) is 0 Å². The molecule has 17 heavy (non-hydrogen) atoms. The smallest absolute Gasteiger partial charge is 0.254 e. The zero-order valence-corrected chi connectivity index (χ0v) is 10.8. The molecule has 0 bridgehead atoms. The topological polar surface area (TPSA) is 69.6 Å². The predicted octanol–water partition coefficient (Wildman–Crippen LogP) is 0.980. The highest BCUT2D eigenvalue weighted by molar-refractivity contribution is 9.10. The fraction of sp³-hybridized carbons (Fsp3) is 0.364. The number of rotatable bonds is 4. The molecule has 94 valence electrons. The van der Waals surface area contributed by atoms with E-state index in [1.807, 2.05) is 0 Å². The lowest BCUT2D eigenvalue weighted by Gasteiger charge is -2.15. The van der Waals surface area contributed by atoms with Crippen molar-refractivity contribution in [1.29, 1.82) is 0 Å². The summed E-state index contributed by atoms with van der Waals surface area (Å²) in [6.45, 7) is 0.794. The molecule has 0 fully saturated rings. The van der Waals surface area contributed by atoms with Crippen molar-refractivity contribution in [3.8, 4) is 0 Å². The number of aliphatic hydroxyl groups excluding tert-OH is 2. The molecule has 3 N–H and O–H groups in total. The number of amides is 1. The Bertz CT molecular complexity index is 421. The lowest BCUT2D eigenvalue weighted by molar-refractivity contribution is 0.0874. The number of hydrogen-bond acceptors (Lipinski definition) is 3. The number of aliphatic hydroxyl groups is 2. The summed E-state index contributed by atoms with van der Waals surface area (Å²) in [6, 6.07) is 1.90. The Kier molecular flexibility index (Phi) is 5.04. The van der Waals surface area contributed by atoms with Crippen LogP contribution in [0.4, 0.5) is 4.39 Å². The zero-order chi connectivity index (χ0) is 13.0. The highest BCUT2D eigenvalue weighted by Crippen LogP contribution is 2.22. The van der Waals surface area contributed by atoms with Crippen LogP contribution in [0.25, 0.3) is 0 Å². The van der Waals surface area contributed by atoms with Crippen molar-refractivity contribution in [3.63, 3.8) is 0 Å². The van der Waals surface area contributed by atoms with Gasteiger partial charge in [0, 0.05) is 4.47 Å². The second-order valence-electron chi connectivity index (χ2n) is 3.56. The number of carbonyl (C=O) groups excluding carboxylic acids is 1. The first-order chi connectivity index (χ1) is 8.01. The molecular formula is C11H13BrFNO3. The van der Waals surface area contributed by atoms with Crippen LogP contribution in [-0.4, -0.2) is 35.4 Å². The van der Waals surface area contributed by atoms with Crippen LogP contribution in [0.1, 0.15) is 15.9 Å². The Hall–Kier alpha value is -0.980. The predicted molar refractivity (Wildman–Crippen MR) is 64.3 cm³/mol. The molecule has 6 heteroatoms. The van der Waals surface area contributed by atoms with Gasteiger partial charge in [0.2, 0.25) is 0 Å². The summed E-state index contributed by atoms with van der Waals surface area (Å²) < 4.78 is 14.2. The molecule has 4 nitrogen and oxygen atoms in total. The molecule has 0 saturated heterocycles. The van der Waals surface area contributed by atoms with E-state index in [2.05, 4.69) is 21.2 Å². The summed E-state index contributed by atoms with van der Waals surface area (Å²) >= 11 is 3.20. The summed E-state index contributed by atoms with van der Waals surface area (Å²) in [5.41, 5.74) is 0.378. The Labute approximate surface area is 107 Å². The fourth-order valence-electron chi connectivity index (χ4n) is 1.34. The zero-order valence-electron chi connectivity index (χ0n) is 9.20. The molecule has 1 aromatic rings. The molecule has 0 heterocycles. The summed E-state index contributed by atoms with van der Waals surface area (Å²) in [4.78, 5) is 11.8. The normalized spacial score (nSPS) is 10.7. The molecule has 0 unspecified atom stereocenters. The third-order valence-corrected chi connectivity index (χ3v) is 3.21. The van der Waals surface area contributed by atoms with Crippen molar-refractivity contribution >= 4 is 21.8 Å². The third kappa shape index (κ3) is 3.24. The van der Waals surface area contributed by atoms with Crippen molar-refractivity contribution in [2.45, 2.75) is 13.0 Å². The van der Waals surface area contributed by atoms with Gasteiger partial charge in [-0.15, -0.1) is 0 Å². The van der Waals surface area contributed by atoms with Gasteiger partial charge in [-0.25, -0.2) is 4.39 Å². The van der Waals surface area contributed by atoms with Crippen LogP contribution in [0, 0.1) is 12.7 Å². The second kappa shape index (κ2) is 6.09. The van der Waals surface area contributed by atoms with Crippen LogP contribution < -0.4 is 5.32 Å². The molecule has 0 aromatic heterocycles. The van der Waals surface area contributed by atoms with E-state index < -0.39 is 31.0 Å². The molecule has 0 atom stereocenters. The van der Waals surface area contributed by atoms with E-state index in [1.165, 1.54) is 12.1 Å². The van der Waals surface area contributed by atoms with Crippen LogP contribution in [0.5, 0.6) is 0 Å².